The van der Waals surface area contributed by atoms with E-state index < -0.39 is 9.84 Å². The molecule has 30 heavy (non-hydrogen) atoms. The van der Waals surface area contributed by atoms with Gasteiger partial charge in [-0.05, 0) is 69.3 Å². The summed E-state index contributed by atoms with van der Waals surface area (Å²) in [5, 5.41) is 3.45. The van der Waals surface area contributed by atoms with Crippen molar-refractivity contribution in [1.82, 2.24) is 15.1 Å². The lowest BCUT2D eigenvalue weighted by Gasteiger charge is -2.29. The highest BCUT2D eigenvalue weighted by Crippen LogP contribution is 2.20. The number of benzene rings is 1. The van der Waals surface area contributed by atoms with E-state index >= 15 is 0 Å². The van der Waals surface area contributed by atoms with E-state index in [9.17, 15) is 8.42 Å². The summed E-state index contributed by atoms with van der Waals surface area (Å²) in [6, 6.07) is 7.16. The maximum Gasteiger partial charge on any atom is 0.193 e. The molecule has 2 heterocycles. The quantitative estimate of drug-likeness (QED) is 0.323. The van der Waals surface area contributed by atoms with Crippen molar-refractivity contribution in [3.05, 3.63) is 29.8 Å². The molecule has 2 aliphatic heterocycles. The highest BCUT2D eigenvalue weighted by atomic mass is 127. The predicted molar refractivity (Wildman–Crippen MR) is 135 cm³/mol. The smallest absolute Gasteiger partial charge is 0.193 e. The average molecular weight is 549 g/mol. The molecule has 0 amide bonds. The zero-order chi connectivity index (χ0) is 20.7. The molecule has 1 unspecified atom stereocenters. The van der Waals surface area contributed by atoms with Crippen LogP contribution in [0.1, 0.15) is 38.2 Å². The van der Waals surface area contributed by atoms with Crippen LogP contribution in [0.4, 0.5) is 0 Å². The van der Waals surface area contributed by atoms with Gasteiger partial charge in [-0.1, -0.05) is 18.6 Å². The molecular weight excluding hydrogens is 511 g/mol. The molecule has 8 heteroatoms. The van der Waals surface area contributed by atoms with Crippen LogP contribution in [0.15, 0.2) is 34.2 Å². The summed E-state index contributed by atoms with van der Waals surface area (Å²) >= 11 is 0. The lowest BCUT2D eigenvalue weighted by atomic mass is 10.1. The number of nitrogens with zero attached hydrogens (tertiary/aromatic N) is 3. The van der Waals surface area contributed by atoms with Crippen molar-refractivity contribution in [2.75, 3.05) is 52.1 Å². The Kier molecular flexibility index (Phi) is 10.4. The first-order chi connectivity index (χ1) is 14.0. The van der Waals surface area contributed by atoms with Gasteiger partial charge in [0, 0.05) is 39.0 Å². The zero-order valence-corrected chi connectivity index (χ0v) is 21.5. The maximum absolute atomic E-state index is 11.6. The van der Waals surface area contributed by atoms with Crippen molar-refractivity contribution in [3.8, 4) is 0 Å². The Balaban J connectivity index is 0.00000320. The van der Waals surface area contributed by atoms with E-state index in [1.54, 1.807) is 12.1 Å². The summed E-state index contributed by atoms with van der Waals surface area (Å²) in [5.74, 6) is 1.75. The molecule has 170 valence electrons. The van der Waals surface area contributed by atoms with Gasteiger partial charge in [-0.2, -0.15) is 0 Å². The number of likely N-dealkylation sites (tertiary alicyclic amines) is 2. The van der Waals surface area contributed by atoms with Crippen LogP contribution in [0, 0.1) is 5.92 Å². The molecule has 0 spiro atoms. The van der Waals surface area contributed by atoms with Crippen LogP contribution in [0.5, 0.6) is 0 Å². The molecule has 3 rings (SSSR count). The van der Waals surface area contributed by atoms with Crippen LogP contribution < -0.4 is 5.32 Å². The van der Waals surface area contributed by atoms with E-state index in [2.05, 4.69) is 22.0 Å². The Hall–Kier alpha value is -0.870. The first kappa shape index (κ1) is 25.4. The Morgan fingerprint density at radius 1 is 1.13 bits per heavy atom. The molecule has 6 nitrogen and oxygen atoms in total. The number of aliphatic imine (C=N–C) groups is 1. The van der Waals surface area contributed by atoms with Crippen LogP contribution in [-0.4, -0.2) is 76.2 Å². The average Bonchev–Trinajstić information content (AvgIpc) is 3.16. The van der Waals surface area contributed by atoms with Gasteiger partial charge in [0.1, 0.15) is 0 Å². The standard InChI is InChI=1S/C22H36N4O2S.HI/c1-3-23-22(24-13-11-19-7-9-21(10-8-19)29(2,27)28)26-16-12-20(18-26)17-25-14-5-4-6-15-25;/h7-10,20H,3-6,11-18H2,1-2H3,(H,23,24);1H. The number of nitrogens with one attached hydrogen (secondary N) is 1. The second-order valence-corrected chi connectivity index (χ2v) is 10.4. The third-order valence-corrected chi connectivity index (χ3v) is 7.03. The van der Waals surface area contributed by atoms with Crippen molar-refractivity contribution >= 4 is 39.8 Å². The second-order valence-electron chi connectivity index (χ2n) is 8.36. The van der Waals surface area contributed by atoms with Crippen molar-refractivity contribution in [3.63, 3.8) is 0 Å². The molecular formula is C22H37IN4O2S. The first-order valence-corrected chi connectivity index (χ1v) is 12.9. The van der Waals surface area contributed by atoms with Gasteiger partial charge in [0.15, 0.2) is 15.8 Å². The highest BCUT2D eigenvalue weighted by molar-refractivity contribution is 14.0. The topological polar surface area (TPSA) is 65.0 Å². The molecule has 0 aromatic heterocycles. The number of hydrogen-bond acceptors (Lipinski definition) is 4. The van der Waals surface area contributed by atoms with Gasteiger partial charge in [0.25, 0.3) is 0 Å². The number of hydrogen-bond donors (Lipinski definition) is 1. The molecule has 2 fully saturated rings. The summed E-state index contributed by atoms with van der Waals surface area (Å²) in [6.07, 6.45) is 7.39. The van der Waals surface area contributed by atoms with E-state index in [0.29, 0.717) is 11.4 Å². The van der Waals surface area contributed by atoms with Crippen LogP contribution in [0.2, 0.25) is 0 Å². The maximum atomic E-state index is 11.6. The van der Waals surface area contributed by atoms with Gasteiger partial charge < -0.3 is 15.1 Å². The van der Waals surface area contributed by atoms with Gasteiger partial charge in [-0.3, -0.25) is 4.99 Å². The Morgan fingerprint density at radius 2 is 1.83 bits per heavy atom. The number of rotatable bonds is 7. The molecule has 0 saturated carbocycles. The van der Waals surface area contributed by atoms with E-state index in [-0.39, 0.29) is 24.0 Å². The summed E-state index contributed by atoms with van der Waals surface area (Å²) in [5.41, 5.74) is 1.11. The fourth-order valence-electron chi connectivity index (χ4n) is 4.30. The van der Waals surface area contributed by atoms with Crippen LogP contribution in [-0.2, 0) is 16.3 Å². The second kappa shape index (κ2) is 12.2. The summed E-state index contributed by atoms with van der Waals surface area (Å²) in [4.78, 5) is 10.3. The van der Waals surface area contributed by atoms with E-state index in [0.717, 1.165) is 43.5 Å². The fraction of sp³-hybridized carbons (Fsp3) is 0.682. The normalized spacial score (nSPS) is 20.8. The lowest BCUT2D eigenvalue weighted by Crippen LogP contribution is -2.41. The minimum atomic E-state index is -3.14. The molecule has 0 aliphatic carbocycles. The Morgan fingerprint density at radius 3 is 2.47 bits per heavy atom. The zero-order valence-electron chi connectivity index (χ0n) is 18.3. The number of halogens is 1. The molecule has 0 radical (unpaired) electrons. The van der Waals surface area contributed by atoms with E-state index in [1.807, 2.05) is 12.1 Å². The summed E-state index contributed by atoms with van der Waals surface area (Å²) in [6.45, 7) is 9.61. The molecule has 1 aromatic carbocycles. The van der Waals surface area contributed by atoms with Gasteiger partial charge in [-0.25, -0.2) is 8.42 Å². The van der Waals surface area contributed by atoms with Crippen LogP contribution in [0.3, 0.4) is 0 Å². The number of guanidine groups is 1. The van der Waals surface area contributed by atoms with Gasteiger partial charge in [0.2, 0.25) is 0 Å². The third-order valence-electron chi connectivity index (χ3n) is 5.90. The van der Waals surface area contributed by atoms with Crippen molar-refractivity contribution < 1.29 is 8.42 Å². The van der Waals surface area contributed by atoms with Gasteiger partial charge in [-0.15, -0.1) is 24.0 Å². The fourth-order valence-corrected chi connectivity index (χ4v) is 4.93. The summed E-state index contributed by atoms with van der Waals surface area (Å²) in [7, 11) is -3.14. The highest BCUT2D eigenvalue weighted by Gasteiger charge is 2.26. The third kappa shape index (κ3) is 7.67. The first-order valence-electron chi connectivity index (χ1n) is 11.0. The van der Waals surface area contributed by atoms with E-state index in [1.165, 1.54) is 51.6 Å². The predicted octanol–water partition coefficient (Wildman–Crippen LogP) is 3.02. The minimum Gasteiger partial charge on any atom is -0.357 e. The van der Waals surface area contributed by atoms with Crippen LogP contribution >= 0.6 is 24.0 Å². The van der Waals surface area contributed by atoms with Crippen LogP contribution in [0.25, 0.3) is 0 Å². The van der Waals surface area contributed by atoms with Crippen molar-refractivity contribution in [1.29, 1.82) is 0 Å². The molecule has 1 aromatic rings. The number of piperidine rings is 1. The SMILES string of the molecule is CCNC(=NCCc1ccc(S(C)(=O)=O)cc1)N1CCC(CN2CCCCC2)C1.I. The molecule has 1 N–H and O–H groups in total. The molecule has 2 saturated heterocycles. The van der Waals surface area contributed by atoms with Gasteiger partial charge in [0.05, 0.1) is 4.90 Å². The minimum absolute atomic E-state index is 0. The molecule has 0 bridgehead atoms. The Labute approximate surface area is 199 Å². The molecule has 2 aliphatic rings. The van der Waals surface area contributed by atoms with E-state index in [4.69, 9.17) is 4.99 Å². The summed E-state index contributed by atoms with van der Waals surface area (Å²) < 4.78 is 23.2. The lowest BCUT2D eigenvalue weighted by molar-refractivity contribution is 0.198. The largest absolute Gasteiger partial charge is 0.357 e. The van der Waals surface area contributed by atoms with Gasteiger partial charge >= 0.3 is 0 Å². The molecule has 1 atom stereocenters. The number of sulfone groups is 1. The Bertz CT molecular complexity index is 777. The van der Waals surface area contributed by atoms with Crippen molar-refractivity contribution in [2.45, 2.75) is 43.9 Å². The van der Waals surface area contributed by atoms with Crippen molar-refractivity contribution in [2.24, 2.45) is 10.9 Å². The monoisotopic (exact) mass is 548 g/mol.